The van der Waals surface area contributed by atoms with Crippen LogP contribution in [0.15, 0.2) is 114 Å². The fourth-order valence-corrected chi connectivity index (χ4v) is 10.9. The first-order chi connectivity index (χ1) is 18.7. The lowest BCUT2D eigenvalue weighted by atomic mass is 9.73. The monoisotopic (exact) mass is 549 g/mol. The Morgan fingerprint density at radius 1 is 0.821 bits per heavy atom. The van der Waals surface area contributed by atoms with E-state index in [-0.39, 0.29) is 16.2 Å². The molecule has 0 spiro atoms. The first-order valence-corrected chi connectivity index (χ1v) is 16.4. The van der Waals surface area contributed by atoms with Crippen molar-refractivity contribution in [1.82, 2.24) is 4.72 Å². The van der Waals surface area contributed by atoms with E-state index < -0.39 is 19.3 Å². The highest BCUT2D eigenvalue weighted by Crippen LogP contribution is 2.79. The summed E-state index contributed by atoms with van der Waals surface area (Å²) >= 11 is -1.24. The average molecular weight is 550 g/mol. The Labute approximate surface area is 237 Å². The van der Waals surface area contributed by atoms with Crippen LogP contribution in [0.5, 0.6) is 0 Å². The van der Waals surface area contributed by atoms with Crippen molar-refractivity contribution in [2.75, 3.05) is 6.16 Å². The van der Waals surface area contributed by atoms with Gasteiger partial charge in [0, 0.05) is 16.8 Å². The Hall–Kier alpha value is -2.68. The Morgan fingerprint density at radius 2 is 1.41 bits per heavy atom. The maximum Gasteiger partial charge on any atom is 0.136 e. The Bertz CT molecular complexity index is 1590. The minimum Gasteiger partial charge on any atom is -0.598 e. The van der Waals surface area contributed by atoms with Crippen molar-refractivity contribution in [3.8, 4) is 0 Å². The molecule has 0 saturated carbocycles. The molecule has 0 fully saturated rings. The van der Waals surface area contributed by atoms with Gasteiger partial charge in [-0.15, -0.1) is 4.72 Å². The summed E-state index contributed by atoms with van der Waals surface area (Å²) in [4.78, 5) is 0. The molecule has 1 N–H and O–H groups in total. The summed E-state index contributed by atoms with van der Waals surface area (Å²) in [7, 11) is -0.633. The minimum atomic E-state index is -1.24. The van der Waals surface area contributed by atoms with Crippen LogP contribution in [0.2, 0.25) is 0 Å². The van der Waals surface area contributed by atoms with E-state index in [2.05, 4.69) is 122 Å². The smallest absolute Gasteiger partial charge is 0.136 e. The number of fused-ring (bicyclic) bond motifs is 3. The number of nitrogens with one attached hydrogen (secondary N) is 1. The molecule has 4 atom stereocenters. The van der Waals surface area contributed by atoms with Crippen molar-refractivity contribution in [2.45, 2.75) is 45.4 Å². The van der Waals surface area contributed by atoms with E-state index in [9.17, 15) is 4.55 Å². The topological polar surface area (TPSA) is 35.1 Å². The second kappa shape index (κ2) is 10.1. The van der Waals surface area contributed by atoms with Crippen LogP contribution in [0.25, 0.3) is 21.7 Å². The zero-order valence-corrected chi connectivity index (χ0v) is 25.1. The van der Waals surface area contributed by atoms with Crippen LogP contribution in [-0.2, 0) is 11.4 Å². The van der Waals surface area contributed by atoms with Gasteiger partial charge in [-0.3, -0.25) is 0 Å². The average Bonchev–Trinajstić information content (AvgIpc) is 3.39. The zero-order chi connectivity index (χ0) is 27.4. The maximum atomic E-state index is 13.8. The van der Waals surface area contributed by atoms with Gasteiger partial charge < -0.3 is 4.55 Å². The lowest BCUT2D eigenvalue weighted by Gasteiger charge is -2.36. The molecule has 2 aliphatic rings. The molecule has 198 valence electrons. The lowest BCUT2D eigenvalue weighted by molar-refractivity contribution is 0.536. The molecule has 4 aromatic rings. The maximum absolute atomic E-state index is 13.8. The quantitative estimate of drug-likeness (QED) is 0.192. The predicted molar refractivity (Wildman–Crippen MR) is 170 cm³/mol. The van der Waals surface area contributed by atoms with Crippen molar-refractivity contribution < 1.29 is 4.55 Å². The van der Waals surface area contributed by atoms with Gasteiger partial charge >= 0.3 is 0 Å². The highest BCUT2D eigenvalue weighted by atomic mass is 32.2. The molecular formula is C35H36NOPS. The molecule has 4 heteroatoms. The number of allylic oxidation sites excluding steroid dienone is 2. The summed E-state index contributed by atoms with van der Waals surface area (Å²) in [6.07, 6.45) is 1.10. The predicted octanol–water partition coefficient (Wildman–Crippen LogP) is 9.29. The van der Waals surface area contributed by atoms with E-state index in [0.29, 0.717) is 0 Å². The second-order valence-electron chi connectivity index (χ2n) is 11.9. The Kier molecular flexibility index (Phi) is 6.84. The van der Waals surface area contributed by atoms with Crippen LogP contribution in [-0.4, -0.2) is 15.5 Å². The normalized spacial score (nSPS) is 22.6. The molecule has 39 heavy (non-hydrogen) atoms. The van der Waals surface area contributed by atoms with Gasteiger partial charge in [-0.05, 0) is 91.5 Å². The third-order valence-electron chi connectivity index (χ3n) is 8.30. The molecule has 0 aromatic heterocycles. The highest BCUT2D eigenvalue weighted by molar-refractivity contribution is 7.90. The van der Waals surface area contributed by atoms with Gasteiger partial charge in [0.15, 0.2) is 0 Å². The molecule has 0 saturated heterocycles. The van der Waals surface area contributed by atoms with Crippen LogP contribution >= 0.6 is 7.92 Å². The largest absolute Gasteiger partial charge is 0.598 e. The summed E-state index contributed by atoms with van der Waals surface area (Å²) < 4.78 is 17.1. The van der Waals surface area contributed by atoms with Crippen molar-refractivity contribution in [1.29, 1.82) is 0 Å². The summed E-state index contributed by atoms with van der Waals surface area (Å²) in [6.45, 7) is 10.9. The molecule has 0 unspecified atom stereocenters. The third-order valence-corrected chi connectivity index (χ3v) is 13.0. The number of benzene rings is 4. The minimum absolute atomic E-state index is 0.0619. The van der Waals surface area contributed by atoms with E-state index in [4.69, 9.17) is 0 Å². The first-order valence-electron chi connectivity index (χ1n) is 13.7. The molecule has 6 rings (SSSR count). The number of rotatable bonds is 6. The molecule has 2 heterocycles. The van der Waals surface area contributed by atoms with Gasteiger partial charge in [-0.25, -0.2) is 0 Å². The SMILES string of the molecule is CC1=C(c2ccccc2)[P@@]2C[C@]1(C)C(c1ccccc1)=C2[C@@H](N[S@+]([O-])C(C)(C)C)c1ccc2ccccc2c1. The van der Waals surface area contributed by atoms with Crippen molar-refractivity contribution in [2.24, 2.45) is 5.41 Å². The third kappa shape index (κ3) is 4.60. The molecule has 2 bridgehead atoms. The van der Waals surface area contributed by atoms with Gasteiger partial charge in [0.2, 0.25) is 0 Å². The summed E-state index contributed by atoms with van der Waals surface area (Å²) in [5, 5.41) is 5.36. The van der Waals surface area contributed by atoms with Gasteiger partial charge in [0.1, 0.15) is 10.8 Å². The van der Waals surface area contributed by atoms with Crippen LogP contribution < -0.4 is 4.72 Å². The Morgan fingerprint density at radius 3 is 2.05 bits per heavy atom. The summed E-state index contributed by atoms with van der Waals surface area (Å²) in [5.74, 6) is 0. The van der Waals surface area contributed by atoms with Gasteiger partial charge in [-0.1, -0.05) is 110 Å². The van der Waals surface area contributed by atoms with E-state index in [0.717, 1.165) is 6.16 Å². The fraction of sp³-hybridized carbons (Fsp3) is 0.257. The molecule has 2 aliphatic heterocycles. The molecule has 4 aromatic carbocycles. The van der Waals surface area contributed by atoms with Crippen molar-refractivity contribution >= 4 is 40.9 Å². The van der Waals surface area contributed by atoms with E-state index >= 15 is 0 Å². The van der Waals surface area contributed by atoms with E-state index in [1.807, 2.05) is 20.8 Å². The van der Waals surface area contributed by atoms with Crippen molar-refractivity contribution in [3.05, 3.63) is 131 Å². The van der Waals surface area contributed by atoms with Crippen LogP contribution in [0, 0.1) is 5.41 Å². The van der Waals surface area contributed by atoms with E-state index in [1.165, 1.54) is 49.2 Å². The van der Waals surface area contributed by atoms with Crippen LogP contribution in [0.4, 0.5) is 0 Å². The first kappa shape index (κ1) is 26.5. The number of hydrogen-bond donors (Lipinski definition) is 1. The fourth-order valence-electron chi connectivity index (χ4n) is 6.16. The van der Waals surface area contributed by atoms with E-state index in [1.54, 1.807) is 0 Å². The Balaban J connectivity index is 1.60. The van der Waals surface area contributed by atoms with Crippen LogP contribution in [0.1, 0.15) is 57.4 Å². The van der Waals surface area contributed by atoms with Crippen LogP contribution in [0.3, 0.4) is 0 Å². The van der Waals surface area contributed by atoms with Crippen molar-refractivity contribution in [3.63, 3.8) is 0 Å². The standard InChI is InChI=1S/C35H36NOPS/c1-24-32(27-17-10-7-11-18-27)38-23-35(24,5)30(26-15-8-6-9-16-26)33(38)31(36-39(37)34(2,3)4)29-21-20-25-14-12-13-19-28(25)22-29/h6-22,31,36H,23H2,1-5H3/t31-,35-,38+,39+/m0/s1. The second-order valence-corrected chi connectivity index (χ2v) is 16.0. The molecule has 0 radical (unpaired) electrons. The zero-order valence-electron chi connectivity index (χ0n) is 23.4. The van der Waals surface area contributed by atoms with Gasteiger partial charge in [-0.2, -0.15) is 0 Å². The molecular weight excluding hydrogens is 513 g/mol. The van der Waals surface area contributed by atoms with Gasteiger partial charge in [0.25, 0.3) is 0 Å². The molecule has 0 amide bonds. The molecule has 0 aliphatic carbocycles. The lowest BCUT2D eigenvalue weighted by Crippen LogP contribution is -2.41. The highest BCUT2D eigenvalue weighted by Gasteiger charge is 2.54. The molecule has 2 nitrogen and oxygen atoms in total. The summed E-state index contributed by atoms with van der Waals surface area (Å²) in [5.41, 5.74) is 6.62. The number of hydrogen-bond acceptors (Lipinski definition) is 2. The van der Waals surface area contributed by atoms with Gasteiger partial charge in [0.05, 0.1) is 0 Å². The summed E-state index contributed by atoms with van der Waals surface area (Å²) in [6, 6.07) is 36.9.